The van der Waals surface area contributed by atoms with Crippen LogP contribution >= 0.6 is 27.1 Å². The summed E-state index contributed by atoms with van der Waals surface area (Å²) in [4.78, 5) is 52.3. The van der Waals surface area contributed by atoms with Gasteiger partial charge in [-0.15, -0.1) is 0 Å². The van der Waals surface area contributed by atoms with Crippen LogP contribution in [-0.2, 0) is 53.1 Å². The van der Waals surface area contributed by atoms with E-state index >= 15 is 0 Å². The number of nitrogens with two attached hydrogens (primary N) is 2. The Labute approximate surface area is 487 Å². The zero-order chi connectivity index (χ0) is 59.6. The number of hydrogen-bond acceptors (Lipinski definition) is 24. The molecule has 84 heavy (non-hydrogen) atoms. The van der Waals surface area contributed by atoms with Crippen molar-refractivity contribution < 1.29 is 76.2 Å². The quantitative estimate of drug-likeness (QED) is 0.0312. The summed E-state index contributed by atoms with van der Waals surface area (Å²) in [7, 11) is -9.21. The molecule has 31 heteroatoms. The number of aliphatic hydroxyl groups is 4. The SMILES string of the molecule is CC(NP(=O)(Oc1ccc(CC2CCCCC2OC(=O)C(C)NP(=O)(Oc2ccccc2Cl)OC(C)C2OC(n3cnc4c(N)ncnc43)C(O)C2O)cc1)OC(C)C1OC(n2cnc3c(N)ncnc32)C(O)C1O)C(=O)OC1CCCCC1. The lowest BCUT2D eigenvalue weighted by atomic mass is 9.82. The van der Waals surface area contributed by atoms with Gasteiger partial charge in [-0.2, -0.15) is 10.2 Å². The first-order chi connectivity index (χ1) is 40.2. The van der Waals surface area contributed by atoms with Crippen molar-refractivity contribution in [1.82, 2.24) is 49.2 Å². The number of nitrogens with zero attached hydrogens (tertiary/aromatic N) is 8. The fourth-order valence-corrected chi connectivity index (χ4v) is 14.7. The van der Waals surface area contributed by atoms with Crippen molar-refractivity contribution in [3.8, 4) is 11.5 Å². The van der Waals surface area contributed by atoms with E-state index in [0.29, 0.717) is 32.1 Å². The van der Waals surface area contributed by atoms with E-state index < -0.39 is 107 Å². The number of carbonyl (C=O) groups excluding carboxylic acids is 2. The number of hydrogen-bond donors (Lipinski definition) is 8. The van der Waals surface area contributed by atoms with Gasteiger partial charge in [0.05, 0.1) is 29.9 Å². The lowest BCUT2D eigenvalue weighted by Crippen LogP contribution is -2.42. The molecule has 4 aliphatic rings. The normalized spacial score (nSPS) is 27.8. The third-order valence-corrected chi connectivity index (χ3v) is 19.3. The molecule has 4 aromatic heterocycles. The molecule has 0 spiro atoms. The van der Waals surface area contributed by atoms with Gasteiger partial charge >= 0.3 is 27.4 Å². The van der Waals surface area contributed by atoms with Crippen LogP contribution in [0.2, 0.25) is 5.02 Å². The number of ether oxygens (including phenoxy) is 4. The van der Waals surface area contributed by atoms with Crippen LogP contribution in [0, 0.1) is 5.92 Å². The Morgan fingerprint density at radius 2 is 1.15 bits per heavy atom. The van der Waals surface area contributed by atoms with E-state index in [4.69, 9.17) is 60.1 Å². The molecule has 2 saturated heterocycles. The van der Waals surface area contributed by atoms with E-state index in [9.17, 15) is 39.1 Å². The third kappa shape index (κ3) is 13.5. The Morgan fingerprint density at radius 3 is 1.70 bits per heavy atom. The van der Waals surface area contributed by atoms with Crippen LogP contribution in [0.5, 0.6) is 11.5 Å². The molecule has 2 aliphatic carbocycles. The zero-order valence-corrected chi connectivity index (χ0v) is 48.9. The summed E-state index contributed by atoms with van der Waals surface area (Å²) in [6, 6.07) is 10.4. The first-order valence-electron chi connectivity index (χ1n) is 27.8. The molecule has 0 radical (unpaired) electrons. The molecule has 16 unspecified atom stereocenters. The molecular weight excluding hydrogens is 1160 g/mol. The predicted molar refractivity (Wildman–Crippen MR) is 300 cm³/mol. The second kappa shape index (κ2) is 25.9. The Bertz CT molecular complexity index is 3380. The van der Waals surface area contributed by atoms with Crippen molar-refractivity contribution in [3.05, 3.63) is 84.4 Å². The molecule has 10 N–H and O–H groups in total. The maximum atomic E-state index is 15.0. The summed E-state index contributed by atoms with van der Waals surface area (Å²) in [5.41, 5.74) is 13.7. The van der Waals surface area contributed by atoms with E-state index in [1.165, 1.54) is 74.3 Å². The number of halogens is 1. The number of imidazole rings is 2. The Morgan fingerprint density at radius 1 is 0.655 bits per heavy atom. The van der Waals surface area contributed by atoms with E-state index in [1.54, 1.807) is 36.4 Å². The van der Waals surface area contributed by atoms with Gasteiger partial charge in [-0.05, 0) is 115 Å². The average molecular weight is 1230 g/mol. The van der Waals surface area contributed by atoms with Crippen molar-refractivity contribution in [2.75, 3.05) is 11.5 Å². The summed E-state index contributed by atoms with van der Waals surface area (Å²) in [6.07, 6.45) is -1.86. The number of fused-ring (bicyclic) bond motifs is 2. The number of benzene rings is 2. The fraction of sp³-hybridized carbons (Fsp3) is 0.547. The topological polar surface area (TPSA) is 386 Å². The van der Waals surface area contributed by atoms with Crippen LogP contribution in [0.1, 0.15) is 104 Å². The standard InChI is InChI=1S/C53H69ClN12O16P2/c1-27(52(71)75-33-13-6-5-7-14-33)63-83(73,79-29(3)44-40(67)42(69)50(77-44)65-25-61-38-46(55)57-23-59-48(38)65)81-34-20-18-31(19-21-34)22-32-12-8-10-16-36(32)76-53(72)28(2)64-84(74,82-37-17-11-9-15-35(37)54)80-30(4)45-41(68)43(70)51(78-45)66-26-62-39-47(56)58-24-60-49(39)66/h9,11,15,17-21,23-30,32-33,36,40-45,50-51,67-70H,5-8,10,12-14,16,22H2,1-4H3,(H,63,73)(H,64,74)(H2,55,57,59)(H2,56,58,60). The van der Waals surface area contributed by atoms with Crippen LogP contribution in [0.3, 0.4) is 0 Å². The highest BCUT2D eigenvalue weighted by Crippen LogP contribution is 2.51. The number of nitrogens with one attached hydrogen (secondary N) is 2. The Hall–Kier alpha value is -5.97. The summed E-state index contributed by atoms with van der Waals surface area (Å²) < 4.78 is 81.0. The molecule has 6 aromatic rings. The molecule has 2 aromatic carbocycles. The van der Waals surface area contributed by atoms with Gasteiger partial charge in [-0.1, -0.05) is 48.7 Å². The van der Waals surface area contributed by atoms with Crippen molar-refractivity contribution >= 4 is 73.0 Å². The molecule has 4 fully saturated rings. The molecule has 16 atom stereocenters. The molecule has 0 bridgehead atoms. The van der Waals surface area contributed by atoms with Gasteiger partial charge in [0.15, 0.2) is 35.4 Å². The largest absolute Gasteiger partial charge is 0.461 e. The van der Waals surface area contributed by atoms with E-state index in [1.807, 2.05) is 0 Å². The number of aromatic nitrogens is 8. The van der Waals surface area contributed by atoms with Crippen molar-refractivity contribution in [3.63, 3.8) is 0 Å². The summed E-state index contributed by atoms with van der Waals surface area (Å²) in [5.74, 6) is -1.36. The summed E-state index contributed by atoms with van der Waals surface area (Å²) in [6.45, 7) is 5.84. The summed E-state index contributed by atoms with van der Waals surface area (Å²) >= 11 is 6.44. The van der Waals surface area contributed by atoms with E-state index in [0.717, 1.165) is 37.7 Å². The number of rotatable bonds is 22. The number of nitrogen functional groups attached to an aromatic ring is 2. The first-order valence-corrected chi connectivity index (χ1v) is 31.3. The van der Waals surface area contributed by atoms with Gasteiger partial charge in [0.1, 0.15) is 96.1 Å². The van der Waals surface area contributed by atoms with Gasteiger partial charge < -0.3 is 59.9 Å². The average Bonchev–Trinajstić information content (AvgIpc) is 2.24. The highest BCUT2D eigenvalue weighted by molar-refractivity contribution is 7.52. The lowest BCUT2D eigenvalue weighted by molar-refractivity contribution is -0.155. The number of anilines is 2. The van der Waals surface area contributed by atoms with Gasteiger partial charge in [-0.25, -0.2) is 39.0 Å². The first kappa shape index (κ1) is 61.1. The van der Waals surface area contributed by atoms with Gasteiger partial charge in [0.2, 0.25) is 0 Å². The predicted octanol–water partition coefficient (Wildman–Crippen LogP) is 5.38. The van der Waals surface area contributed by atoms with Gasteiger partial charge in [-0.3, -0.25) is 27.8 Å². The monoisotopic (exact) mass is 1230 g/mol. The van der Waals surface area contributed by atoms with Crippen molar-refractivity contribution in [1.29, 1.82) is 0 Å². The minimum atomic E-state index is -4.63. The second-order valence-electron chi connectivity index (χ2n) is 21.6. The van der Waals surface area contributed by atoms with Crippen LogP contribution in [0.25, 0.3) is 22.3 Å². The number of aliphatic hydroxyl groups excluding tert-OH is 4. The smallest absolute Gasteiger partial charge is 0.459 e. The fourth-order valence-electron chi connectivity index (χ4n) is 11.1. The highest BCUT2D eigenvalue weighted by atomic mass is 35.5. The maximum Gasteiger partial charge on any atom is 0.459 e. The third-order valence-electron chi connectivity index (χ3n) is 15.5. The Balaban J connectivity index is 0.801. The minimum Gasteiger partial charge on any atom is -0.461 e. The highest BCUT2D eigenvalue weighted by Gasteiger charge is 2.51. The lowest BCUT2D eigenvalue weighted by Gasteiger charge is -2.33. The molecule has 2 saturated carbocycles. The van der Waals surface area contributed by atoms with E-state index in [-0.39, 0.29) is 62.5 Å². The van der Waals surface area contributed by atoms with Crippen LogP contribution in [0.4, 0.5) is 11.6 Å². The number of para-hydroxylation sites is 1. The van der Waals surface area contributed by atoms with Crippen molar-refractivity contribution in [2.45, 2.75) is 177 Å². The molecule has 6 heterocycles. The zero-order valence-electron chi connectivity index (χ0n) is 46.4. The Kier molecular flexibility index (Phi) is 18.9. The summed E-state index contributed by atoms with van der Waals surface area (Å²) in [5, 5.41) is 50.5. The van der Waals surface area contributed by atoms with Crippen LogP contribution < -0.4 is 30.7 Å². The molecule has 10 rings (SSSR count). The molecule has 2 aliphatic heterocycles. The van der Waals surface area contributed by atoms with Gasteiger partial charge in [0, 0.05) is 0 Å². The molecular formula is C53H69ClN12O16P2. The van der Waals surface area contributed by atoms with Gasteiger partial charge in [0.25, 0.3) is 0 Å². The van der Waals surface area contributed by atoms with Crippen molar-refractivity contribution in [2.24, 2.45) is 5.92 Å². The molecule has 0 amide bonds. The van der Waals surface area contributed by atoms with Crippen LogP contribution in [-0.4, -0.2) is 145 Å². The van der Waals surface area contributed by atoms with Crippen LogP contribution in [0.15, 0.2) is 73.8 Å². The molecule has 454 valence electrons. The maximum absolute atomic E-state index is 15.0. The number of carbonyl (C=O) groups is 2. The second-order valence-corrected chi connectivity index (χ2v) is 25.3. The number of esters is 2. The molecule has 28 nitrogen and oxygen atoms in total. The minimum absolute atomic E-state index is 0.0402. The van der Waals surface area contributed by atoms with E-state index in [2.05, 4.69) is 40.1 Å².